The van der Waals surface area contributed by atoms with E-state index < -0.39 is 0 Å². The Morgan fingerprint density at radius 3 is 2.57 bits per heavy atom. The number of nitrogens with one attached hydrogen (secondary N) is 1. The van der Waals surface area contributed by atoms with Crippen molar-refractivity contribution in [2.45, 2.75) is 20.3 Å². The third-order valence-corrected chi connectivity index (χ3v) is 4.55. The minimum atomic E-state index is 0.707. The summed E-state index contributed by atoms with van der Waals surface area (Å²) in [7, 11) is 0. The molecular weight excluding hydrogens is 306 g/mol. The fourth-order valence-electron chi connectivity index (χ4n) is 3.32. The molecule has 4 heteroatoms. The van der Waals surface area contributed by atoms with E-state index >= 15 is 0 Å². The summed E-state index contributed by atoms with van der Waals surface area (Å²) in [6.45, 7) is 5.19. The quantitative estimate of drug-likeness (QED) is 0.735. The van der Waals surface area contributed by atoms with Gasteiger partial charge in [0.05, 0.1) is 16.4 Å². The van der Waals surface area contributed by atoms with Crippen LogP contribution in [0.1, 0.15) is 16.7 Å². The highest BCUT2D eigenvalue weighted by Crippen LogP contribution is 2.36. The van der Waals surface area contributed by atoms with Crippen LogP contribution in [0, 0.1) is 13.8 Å². The van der Waals surface area contributed by atoms with Crippen LogP contribution in [-0.4, -0.2) is 16.3 Å². The van der Waals surface area contributed by atoms with Gasteiger partial charge in [0.2, 0.25) is 0 Å². The molecule has 0 aliphatic carbocycles. The van der Waals surface area contributed by atoms with E-state index in [-0.39, 0.29) is 0 Å². The number of nitrogens with zero attached hydrogens (tertiary/aromatic N) is 2. The molecule has 4 rings (SSSR count). The van der Waals surface area contributed by atoms with Crippen LogP contribution in [-0.2, 0) is 6.42 Å². The van der Waals surface area contributed by atoms with Crippen LogP contribution in [0.25, 0.3) is 16.9 Å². The zero-order valence-corrected chi connectivity index (χ0v) is 14.0. The molecule has 0 spiro atoms. The van der Waals surface area contributed by atoms with Gasteiger partial charge in [-0.15, -0.1) is 0 Å². The van der Waals surface area contributed by atoms with Crippen LogP contribution in [0.15, 0.2) is 42.5 Å². The largest absolute Gasteiger partial charge is 0.369 e. The van der Waals surface area contributed by atoms with Crippen molar-refractivity contribution in [1.29, 1.82) is 0 Å². The summed E-state index contributed by atoms with van der Waals surface area (Å²) < 4.78 is 1.94. The van der Waals surface area contributed by atoms with Crippen molar-refractivity contribution >= 4 is 17.4 Å². The van der Waals surface area contributed by atoms with Crippen LogP contribution >= 0.6 is 11.6 Å². The Morgan fingerprint density at radius 2 is 1.83 bits per heavy atom. The van der Waals surface area contributed by atoms with Gasteiger partial charge >= 0.3 is 0 Å². The Morgan fingerprint density at radius 1 is 1.09 bits per heavy atom. The second kappa shape index (κ2) is 5.43. The molecule has 0 saturated carbocycles. The molecule has 2 heterocycles. The predicted molar refractivity (Wildman–Crippen MR) is 95.7 cm³/mol. The molecule has 23 heavy (non-hydrogen) atoms. The molecule has 0 atom stereocenters. The van der Waals surface area contributed by atoms with Crippen LogP contribution in [0.5, 0.6) is 0 Å². The van der Waals surface area contributed by atoms with E-state index in [1.165, 1.54) is 22.3 Å². The molecule has 1 N–H and O–H groups in total. The Labute approximate surface area is 140 Å². The predicted octanol–water partition coefficient (Wildman–Crippen LogP) is 4.78. The molecule has 0 amide bonds. The van der Waals surface area contributed by atoms with Gasteiger partial charge in [-0.2, -0.15) is 5.10 Å². The zero-order chi connectivity index (χ0) is 16.0. The number of halogens is 1. The summed E-state index contributed by atoms with van der Waals surface area (Å²) in [5.74, 6) is 1.06. The maximum absolute atomic E-state index is 6.38. The second-order valence-electron chi connectivity index (χ2n) is 6.09. The lowest BCUT2D eigenvalue weighted by Crippen LogP contribution is -2.04. The molecule has 2 aromatic carbocycles. The Bertz CT molecular complexity index is 875. The minimum absolute atomic E-state index is 0.707. The summed E-state index contributed by atoms with van der Waals surface area (Å²) in [6, 6.07) is 14.4. The molecule has 0 radical (unpaired) electrons. The molecule has 3 nitrogen and oxygen atoms in total. The maximum atomic E-state index is 6.38. The van der Waals surface area contributed by atoms with Crippen LogP contribution in [0.3, 0.4) is 0 Å². The average molecular weight is 324 g/mol. The first-order chi connectivity index (χ1) is 11.1. The van der Waals surface area contributed by atoms with E-state index in [1.54, 1.807) is 0 Å². The van der Waals surface area contributed by atoms with Gasteiger partial charge in [-0.3, -0.25) is 0 Å². The molecule has 0 unspecified atom stereocenters. The molecule has 0 bridgehead atoms. The molecule has 1 aromatic heterocycles. The molecule has 1 aliphatic heterocycles. The van der Waals surface area contributed by atoms with Crippen molar-refractivity contribution in [3.63, 3.8) is 0 Å². The molecular formula is C19H18ClN3. The van der Waals surface area contributed by atoms with Gasteiger partial charge in [0.25, 0.3) is 0 Å². The van der Waals surface area contributed by atoms with Crippen molar-refractivity contribution in [2.75, 3.05) is 11.9 Å². The highest BCUT2D eigenvalue weighted by atomic mass is 35.5. The van der Waals surface area contributed by atoms with E-state index in [9.17, 15) is 0 Å². The molecule has 0 fully saturated rings. The normalized spacial score (nSPS) is 13.0. The summed E-state index contributed by atoms with van der Waals surface area (Å²) in [5.41, 5.74) is 6.93. The first kappa shape index (κ1) is 14.3. The number of fused-ring (bicyclic) bond motifs is 1. The average Bonchev–Trinajstić information content (AvgIpc) is 3.09. The van der Waals surface area contributed by atoms with Crippen molar-refractivity contribution in [1.82, 2.24) is 9.78 Å². The summed E-state index contributed by atoms with van der Waals surface area (Å²) in [4.78, 5) is 0. The lowest BCUT2D eigenvalue weighted by atomic mass is 10.0. The van der Waals surface area contributed by atoms with Crippen LogP contribution in [0.4, 0.5) is 5.82 Å². The minimum Gasteiger partial charge on any atom is -0.369 e. The van der Waals surface area contributed by atoms with Gasteiger partial charge in [-0.25, -0.2) is 4.68 Å². The monoisotopic (exact) mass is 323 g/mol. The third-order valence-electron chi connectivity index (χ3n) is 4.23. The first-order valence-electron chi connectivity index (χ1n) is 7.83. The Hall–Kier alpha value is -2.26. The fourth-order valence-corrected chi connectivity index (χ4v) is 3.53. The number of para-hydroxylation sites is 1. The van der Waals surface area contributed by atoms with Crippen molar-refractivity contribution in [3.8, 4) is 16.9 Å². The lowest BCUT2D eigenvalue weighted by Gasteiger charge is -2.08. The Kier molecular flexibility index (Phi) is 3.38. The van der Waals surface area contributed by atoms with Gasteiger partial charge < -0.3 is 5.32 Å². The topological polar surface area (TPSA) is 29.9 Å². The molecule has 116 valence electrons. The molecule has 0 saturated heterocycles. The van der Waals surface area contributed by atoms with Crippen LogP contribution < -0.4 is 5.32 Å². The van der Waals surface area contributed by atoms with Gasteiger partial charge in [-0.1, -0.05) is 40.9 Å². The lowest BCUT2D eigenvalue weighted by molar-refractivity contribution is 0.882. The highest BCUT2D eigenvalue weighted by Gasteiger charge is 2.24. The number of aromatic nitrogens is 2. The Balaban J connectivity index is 1.93. The standard InChI is InChI=1S/C19H18ClN3/c1-12-9-13(2)11-14(10-12)18-15-7-8-21-19(15)23(22-18)17-6-4-3-5-16(17)20/h3-6,9-11,21H,7-8H2,1-2H3. The zero-order valence-electron chi connectivity index (χ0n) is 13.2. The summed E-state index contributed by atoms with van der Waals surface area (Å²) in [6.07, 6.45) is 0.988. The van der Waals surface area contributed by atoms with Crippen molar-refractivity contribution < 1.29 is 0 Å². The molecule has 3 aromatic rings. The second-order valence-corrected chi connectivity index (χ2v) is 6.50. The van der Waals surface area contributed by atoms with Gasteiger partial charge in [0.15, 0.2) is 0 Å². The molecule has 1 aliphatic rings. The summed E-state index contributed by atoms with van der Waals surface area (Å²) >= 11 is 6.38. The van der Waals surface area contributed by atoms with E-state index in [0.29, 0.717) is 5.02 Å². The highest BCUT2D eigenvalue weighted by molar-refractivity contribution is 6.32. The van der Waals surface area contributed by atoms with E-state index in [1.807, 2.05) is 28.9 Å². The fraction of sp³-hybridized carbons (Fsp3) is 0.211. The van der Waals surface area contributed by atoms with Crippen molar-refractivity contribution in [2.24, 2.45) is 0 Å². The smallest absolute Gasteiger partial charge is 0.133 e. The van der Waals surface area contributed by atoms with Gasteiger partial charge in [-0.05, 0) is 44.5 Å². The van der Waals surface area contributed by atoms with E-state index in [4.69, 9.17) is 16.7 Å². The van der Waals surface area contributed by atoms with Crippen molar-refractivity contribution in [3.05, 3.63) is 64.2 Å². The van der Waals surface area contributed by atoms with E-state index in [0.717, 1.165) is 30.2 Å². The summed E-state index contributed by atoms with van der Waals surface area (Å²) in [5, 5.41) is 9.05. The van der Waals surface area contributed by atoms with Gasteiger partial charge in [0.1, 0.15) is 5.82 Å². The van der Waals surface area contributed by atoms with E-state index in [2.05, 4.69) is 37.4 Å². The number of rotatable bonds is 2. The number of hydrogen-bond donors (Lipinski definition) is 1. The number of anilines is 1. The number of aryl methyl sites for hydroxylation is 2. The number of benzene rings is 2. The van der Waals surface area contributed by atoms with Gasteiger partial charge in [0, 0.05) is 17.7 Å². The SMILES string of the molecule is Cc1cc(C)cc(-c2nn(-c3ccccc3Cl)c3c2CCN3)c1. The first-order valence-corrected chi connectivity index (χ1v) is 8.20. The number of hydrogen-bond acceptors (Lipinski definition) is 2. The third kappa shape index (κ3) is 2.41. The maximum Gasteiger partial charge on any atom is 0.133 e. The van der Waals surface area contributed by atoms with Crippen LogP contribution in [0.2, 0.25) is 5.02 Å².